The van der Waals surface area contributed by atoms with Crippen LogP contribution >= 0.6 is 0 Å². The molecule has 1 aromatic carbocycles. The van der Waals surface area contributed by atoms with E-state index >= 15 is 0 Å². The number of hydrogen-bond donors (Lipinski definition) is 2. The van der Waals surface area contributed by atoms with Crippen molar-refractivity contribution in [2.45, 2.75) is 27.2 Å². The molecule has 0 spiro atoms. The molecule has 1 heterocycles. The van der Waals surface area contributed by atoms with Gasteiger partial charge < -0.3 is 11.1 Å². The minimum atomic E-state index is -0.152. The maximum Gasteiger partial charge on any atom is 0.259 e. The van der Waals surface area contributed by atoms with Crippen molar-refractivity contribution in [3.8, 4) is 0 Å². The number of aryl methyl sites for hydroxylation is 4. The average molecular weight is 272 g/mol. The molecule has 1 aromatic heterocycles. The fourth-order valence-corrected chi connectivity index (χ4v) is 2.18. The molecule has 5 nitrogen and oxygen atoms in total. The number of amides is 1. The summed E-state index contributed by atoms with van der Waals surface area (Å²) in [6.07, 6.45) is 2.46. The van der Waals surface area contributed by atoms with Gasteiger partial charge in [-0.1, -0.05) is 13.0 Å². The number of aromatic nitrogens is 2. The van der Waals surface area contributed by atoms with Crippen molar-refractivity contribution in [1.82, 2.24) is 9.78 Å². The summed E-state index contributed by atoms with van der Waals surface area (Å²) in [6.45, 7) is 5.88. The lowest BCUT2D eigenvalue weighted by Crippen LogP contribution is -2.14. The zero-order valence-corrected chi connectivity index (χ0v) is 12.3. The zero-order chi connectivity index (χ0) is 14.9. The van der Waals surface area contributed by atoms with Gasteiger partial charge in [-0.15, -0.1) is 0 Å². The van der Waals surface area contributed by atoms with E-state index in [4.69, 9.17) is 5.73 Å². The molecule has 20 heavy (non-hydrogen) atoms. The average Bonchev–Trinajstić information content (AvgIpc) is 2.77. The fourth-order valence-electron chi connectivity index (χ4n) is 2.18. The van der Waals surface area contributed by atoms with Crippen LogP contribution in [-0.4, -0.2) is 15.7 Å². The standard InChI is InChI=1S/C15H20N4O/c1-5-13-11(8-19(4)18-13)15(20)17-14-7-12(16)9(2)6-10(14)3/h6-8H,5,16H2,1-4H3,(H,17,20). The Morgan fingerprint density at radius 3 is 2.70 bits per heavy atom. The molecule has 106 valence electrons. The van der Waals surface area contributed by atoms with Gasteiger partial charge in [0.1, 0.15) is 0 Å². The number of carbonyl (C=O) groups excluding carboxylic acids is 1. The van der Waals surface area contributed by atoms with Gasteiger partial charge in [-0.2, -0.15) is 5.10 Å². The van der Waals surface area contributed by atoms with Crippen LogP contribution in [0.25, 0.3) is 0 Å². The molecular weight excluding hydrogens is 252 g/mol. The predicted octanol–water partition coefficient (Wildman–Crippen LogP) is 2.43. The van der Waals surface area contributed by atoms with Crippen molar-refractivity contribution >= 4 is 17.3 Å². The second-order valence-electron chi connectivity index (χ2n) is 4.99. The second kappa shape index (κ2) is 5.36. The van der Waals surface area contributed by atoms with Gasteiger partial charge in [0.05, 0.1) is 11.3 Å². The number of nitrogens with one attached hydrogen (secondary N) is 1. The third-order valence-corrected chi connectivity index (χ3v) is 3.35. The maximum absolute atomic E-state index is 12.4. The van der Waals surface area contributed by atoms with Gasteiger partial charge in [-0.3, -0.25) is 9.48 Å². The lowest BCUT2D eigenvalue weighted by molar-refractivity contribution is 0.102. The van der Waals surface area contributed by atoms with Crippen LogP contribution in [0.15, 0.2) is 18.3 Å². The summed E-state index contributed by atoms with van der Waals surface area (Å²) in [7, 11) is 1.81. The largest absolute Gasteiger partial charge is 0.398 e. The number of hydrogen-bond acceptors (Lipinski definition) is 3. The van der Waals surface area contributed by atoms with Crippen LogP contribution in [0.2, 0.25) is 0 Å². The van der Waals surface area contributed by atoms with E-state index < -0.39 is 0 Å². The zero-order valence-electron chi connectivity index (χ0n) is 12.3. The highest BCUT2D eigenvalue weighted by atomic mass is 16.1. The molecule has 0 radical (unpaired) electrons. The first-order chi connectivity index (χ1) is 9.42. The van der Waals surface area contributed by atoms with E-state index in [2.05, 4.69) is 10.4 Å². The number of benzene rings is 1. The normalized spacial score (nSPS) is 10.6. The minimum Gasteiger partial charge on any atom is -0.398 e. The number of rotatable bonds is 3. The molecule has 2 aromatic rings. The summed E-state index contributed by atoms with van der Waals surface area (Å²) < 4.78 is 1.66. The van der Waals surface area contributed by atoms with Gasteiger partial charge in [0, 0.05) is 24.6 Å². The molecule has 0 saturated heterocycles. The van der Waals surface area contributed by atoms with E-state index in [1.165, 1.54) is 0 Å². The van der Waals surface area contributed by atoms with Crippen molar-refractivity contribution in [3.63, 3.8) is 0 Å². The lowest BCUT2D eigenvalue weighted by atomic mass is 10.1. The van der Waals surface area contributed by atoms with E-state index in [1.54, 1.807) is 16.9 Å². The summed E-state index contributed by atoms with van der Waals surface area (Å²) in [5, 5.41) is 7.19. The Labute approximate surface area is 118 Å². The molecule has 0 unspecified atom stereocenters. The van der Waals surface area contributed by atoms with Gasteiger partial charge in [0.25, 0.3) is 5.91 Å². The topological polar surface area (TPSA) is 72.9 Å². The van der Waals surface area contributed by atoms with E-state index in [-0.39, 0.29) is 5.91 Å². The van der Waals surface area contributed by atoms with Gasteiger partial charge in [-0.05, 0) is 37.5 Å². The van der Waals surface area contributed by atoms with Crippen LogP contribution in [-0.2, 0) is 13.5 Å². The van der Waals surface area contributed by atoms with Crippen LogP contribution in [0.5, 0.6) is 0 Å². The summed E-state index contributed by atoms with van der Waals surface area (Å²) >= 11 is 0. The maximum atomic E-state index is 12.4. The Morgan fingerprint density at radius 1 is 1.35 bits per heavy atom. The van der Waals surface area contributed by atoms with Crippen LogP contribution in [0.3, 0.4) is 0 Å². The predicted molar refractivity (Wildman–Crippen MR) is 80.9 cm³/mol. The minimum absolute atomic E-state index is 0.152. The first-order valence-corrected chi connectivity index (χ1v) is 6.63. The molecule has 2 rings (SSSR count). The van der Waals surface area contributed by atoms with Crippen molar-refractivity contribution < 1.29 is 4.79 Å². The highest BCUT2D eigenvalue weighted by Gasteiger charge is 2.15. The van der Waals surface area contributed by atoms with Crippen LogP contribution in [0.1, 0.15) is 34.1 Å². The van der Waals surface area contributed by atoms with Crippen molar-refractivity contribution in [1.29, 1.82) is 0 Å². The highest BCUT2D eigenvalue weighted by Crippen LogP contribution is 2.23. The first kappa shape index (κ1) is 14.1. The number of nitrogen functional groups attached to an aromatic ring is 1. The van der Waals surface area contributed by atoms with Crippen molar-refractivity contribution in [3.05, 3.63) is 40.7 Å². The summed E-state index contributed by atoms with van der Waals surface area (Å²) in [5.74, 6) is -0.152. The molecule has 0 saturated carbocycles. The van der Waals surface area contributed by atoms with E-state index in [0.717, 1.165) is 28.9 Å². The summed E-state index contributed by atoms with van der Waals surface area (Å²) in [5.41, 5.74) is 10.7. The first-order valence-electron chi connectivity index (χ1n) is 6.63. The van der Waals surface area contributed by atoms with E-state index in [1.807, 2.05) is 33.9 Å². The van der Waals surface area contributed by atoms with Gasteiger partial charge in [0.15, 0.2) is 0 Å². The molecule has 3 N–H and O–H groups in total. The Morgan fingerprint density at radius 2 is 2.05 bits per heavy atom. The van der Waals surface area contributed by atoms with Gasteiger partial charge in [-0.25, -0.2) is 0 Å². The molecule has 0 aliphatic heterocycles. The van der Waals surface area contributed by atoms with Crippen LogP contribution in [0, 0.1) is 13.8 Å². The molecule has 0 aliphatic carbocycles. The Bertz CT molecular complexity index is 658. The van der Waals surface area contributed by atoms with E-state index in [9.17, 15) is 4.79 Å². The third-order valence-electron chi connectivity index (χ3n) is 3.35. The van der Waals surface area contributed by atoms with Gasteiger partial charge >= 0.3 is 0 Å². The van der Waals surface area contributed by atoms with Crippen molar-refractivity contribution in [2.75, 3.05) is 11.1 Å². The Hall–Kier alpha value is -2.30. The molecule has 0 fully saturated rings. The third kappa shape index (κ3) is 2.66. The summed E-state index contributed by atoms with van der Waals surface area (Å²) in [4.78, 5) is 12.4. The van der Waals surface area contributed by atoms with Crippen LogP contribution in [0.4, 0.5) is 11.4 Å². The van der Waals surface area contributed by atoms with Crippen LogP contribution < -0.4 is 11.1 Å². The molecule has 5 heteroatoms. The van der Waals surface area contributed by atoms with Crippen molar-refractivity contribution in [2.24, 2.45) is 7.05 Å². The number of anilines is 2. The highest BCUT2D eigenvalue weighted by molar-refractivity contribution is 6.05. The SMILES string of the molecule is CCc1nn(C)cc1C(=O)Nc1cc(N)c(C)cc1C. The fraction of sp³-hybridized carbons (Fsp3) is 0.333. The quantitative estimate of drug-likeness (QED) is 0.843. The molecule has 0 bridgehead atoms. The second-order valence-corrected chi connectivity index (χ2v) is 4.99. The smallest absolute Gasteiger partial charge is 0.259 e. The van der Waals surface area contributed by atoms with E-state index in [0.29, 0.717) is 11.3 Å². The molecule has 0 aliphatic rings. The molecular formula is C15H20N4O. The number of carbonyl (C=O) groups is 1. The Balaban J connectivity index is 2.30. The molecule has 1 amide bonds. The Kier molecular flexibility index (Phi) is 3.79. The monoisotopic (exact) mass is 272 g/mol. The number of nitrogens with two attached hydrogens (primary N) is 1. The molecule has 0 atom stereocenters. The summed E-state index contributed by atoms with van der Waals surface area (Å²) in [6, 6.07) is 3.76. The number of nitrogens with zero attached hydrogens (tertiary/aromatic N) is 2. The van der Waals surface area contributed by atoms with Gasteiger partial charge in [0.2, 0.25) is 0 Å². The lowest BCUT2D eigenvalue weighted by Gasteiger charge is -2.11.